The number of amides is 1. The molecule has 1 aliphatic carbocycles. The van der Waals surface area contributed by atoms with Crippen LogP contribution in [0.2, 0.25) is 0 Å². The summed E-state index contributed by atoms with van der Waals surface area (Å²) in [6.07, 6.45) is 2.21. The molecule has 1 fully saturated rings. The standard InChI is InChI=1S/C10H16N4O2S/c1-6-13-14-9(16-6)17-5-10(2,8(11)15)12-7-3-4-7/h7,12H,3-5H2,1-2H3,(H2,11,15). The summed E-state index contributed by atoms with van der Waals surface area (Å²) in [7, 11) is 0. The number of hydrogen-bond acceptors (Lipinski definition) is 6. The number of thioether (sulfide) groups is 1. The van der Waals surface area contributed by atoms with Gasteiger partial charge in [0, 0.05) is 18.7 Å². The Kier molecular flexibility index (Phi) is 3.39. The molecule has 0 aromatic carbocycles. The summed E-state index contributed by atoms with van der Waals surface area (Å²) in [5, 5.41) is 11.3. The Morgan fingerprint density at radius 2 is 2.35 bits per heavy atom. The van der Waals surface area contributed by atoms with Gasteiger partial charge in [-0.1, -0.05) is 11.8 Å². The molecule has 1 amide bonds. The largest absolute Gasteiger partial charge is 0.416 e. The smallest absolute Gasteiger partial charge is 0.276 e. The van der Waals surface area contributed by atoms with Crippen molar-refractivity contribution in [3.8, 4) is 0 Å². The molecular weight excluding hydrogens is 240 g/mol. The predicted octanol–water partition coefficient (Wildman–Crippen LogP) is 0.466. The number of primary amides is 1. The summed E-state index contributed by atoms with van der Waals surface area (Å²) < 4.78 is 5.24. The molecule has 2 rings (SSSR count). The van der Waals surface area contributed by atoms with Crippen LogP contribution in [0.25, 0.3) is 0 Å². The number of nitrogens with two attached hydrogens (primary N) is 1. The molecule has 0 aliphatic heterocycles. The molecule has 0 bridgehead atoms. The number of rotatable bonds is 6. The van der Waals surface area contributed by atoms with Gasteiger partial charge in [0.15, 0.2) is 0 Å². The first-order valence-corrected chi connectivity index (χ1v) is 6.49. The molecule has 0 spiro atoms. The minimum Gasteiger partial charge on any atom is -0.416 e. The van der Waals surface area contributed by atoms with E-state index >= 15 is 0 Å². The minimum atomic E-state index is -0.728. The van der Waals surface area contributed by atoms with Gasteiger partial charge in [0.05, 0.1) is 0 Å². The van der Waals surface area contributed by atoms with Crippen molar-refractivity contribution in [2.24, 2.45) is 5.73 Å². The van der Waals surface area contributed by atoms with Crippen molar-refractivity contribution in [2.45, 2.75) is 43.5 Å². The maximum Gasteiger partial charge on any atom is 0.276 e. The zero-order valence-electron chi connectivity index (χ0n) is 9.90. The highest BCUT2D eigenvalue weighted by Crippen LogP contribution is 2.26. The van der Waals surface area contributed by atoms with Crippen LogP contribution in [0.5, 0.6) is 0 Å². The normalized spacial score (nSPS) is 18.9. The molecule has 0 radical (unpaired) electrons. The highest BCUT2D eigenvalue weighted by Gasteiger charge is 2.37. The maximum absolute atomic E-state index is 11.5. The van der Waals surface area contributed by atoms with E-state index < -0.39 is 5.54 Å². The van der Waals surface area contributed by atoms with Gasteiger partial charge >= 0.3 is 0 Å². The van der Waals surface area contributed by atoms with Gasteiger partial charge in [0.25, 0.3) is 5.22 Å². The fourth-order valence-electron chi connectivity index (χ4n) is 1.40. The minimum absolute atomic E-state index is 0.354. The molecule has 3 N–H and O–H groups in total. The van der Waals surface area contributed by atoms with E-state index in [9.17, 15) is 4.79 Å². The van der Waals surface area contributed by atoms with Gasteiger partial charge in [-0.15, -0.1) is 10.2 Å². The lowest BCUT2D eigenvalue weighted by atomic mass is 10.1. The monoisotopic (exact) mass is 256 g/mol. The van der Waals surface area contributed by atoms with Gasteiger partial charge in [-0.2, -0.15) is 0 Å². The van der Waals surface area contributed by atoms with Crippen molar-refractivity contribution in [2.75, 3.05) is 5.75 Å². The third kappa shape index (κ3) is 3.19. The molecule has 17 heavy (non-hydrogen) atoms. The molecule has 7 heteroatoms. The van der Waals surface area contributed by atoms with Crippen LogP contribution in [-0.4, -0.2) is 33.4 Å². The number of hydrogen-bond donors (Lipinski definition) is 2. The summed E-state index contributed by atoms with van der Waals surface area (Å²) in [4.78, 5) is 11.5. The lowest BCUT2D eigenvalue weighted by Gasteiger charge is -2.26. The Labute approximate surface area is 104 Å². The van der Waals surface area contributed by atoms with Crippen molar-refractivity contribution in [1.82, 2.24) is 15.5 Å². The van der Waals surface area contributed by atoms with E-state index in [2.05, 4.69) is 15.5 Å². The van der Waals surface area contributed by atoms with E-state index in [4.69, 9.17) is 10.2 Å². The number of nitrogens with one attached hydrogen (secondary N) is 1. The second kappa shape index (κ2) is 4.66. The first-order chi connectivity index (χ1) is 7.99. The summed E-state index contributed by atoms with van der Waals surface area (Å²) in [5.41, 5.74) is 4.71. The van der Waals surface area contributed by atoms with Gasteiger partial charge in [0.2, 0.25) is 11.8 Å². The zero-order chi connectivity index (χ0) is 12.5. The van der Waals surface area contributed by atoms with E-state index in [1.54, 1.807) is 6.92 Å². The van der Waals surface area contributed by atoms with E-state index in [1.165, 1.54) is 11.8 Å². The summed E-state index contributed by atoms with van der Waals surface area (Å²) in [6, 6.07) is 0.414. The van der Waals surface area contributed by atoms with E-state index in [-0.39, 0.29) is 5.91 Å². The average molecular weight is 256 g/mol. The van der Waals surface area contributed by atoms with Gasteiger partial charge in [-0.05, 0) is 19.8 Å². The number of aromatic nitrogens is 2. The summed E-state index contributed by atoms with van der Waals surface area (Å²) in [5.74, 6) is 0.650. The molecule has 1 unspecified atom stereocenters. The predicted molar refractivity (Wildman–Crippen MR) is 63.5 cm³/mol. The van der Waals surface area contributed by atoms with E-state index in [0.717, 1.165) is 12.8 Å². The average Bonchev–Trinajstić information content (AvgIpc) is 2.96. The fourth-order valence-corrected chi connectivity index (χ4v) is 2.32. The Morgan fingerprint density at radius 3 is 2.82 bits per heavy atom. The van der Waals surface area contributed by atoms with Crippen molar-refractivity contribution < 1.29 is 9.21 Å². The van der Waals surface area contributed by atoms with Crippen LogP contribution in [0, 0.1) is 6.92 Å². The van der Waals surface area contributed by atoms with Crippen LogP contribution in [-0.2, 0) is 4.79 Å². The van der Waals surface area contributed by atoms with E-state index in [0.29, 0.717) is 22.9 Å². The second-order valence-electron chi connectivity index (χ2n) is 4.49. The van der Waals surface area contributed by atoms with Gasteiger partial charge in [0.1, 0.15) is 5.54 Å². The molecule has 0 saturated heterocycles. The highest BCUT2D eigenvalue weighted by atomic mass is 32.2. The highest BCUT2D eigenvalue weighted by molar-refractivity contribution is 7.99. The third-order valence-electron chi connectivity index (χ3n) is 2.64. The van der Waals surface area contributed by atoms with Gasteiger partial charge in [-0.3, -0.25) is 4.79 Å². The number of aryl methyl sites for hydroxylation is 1. The molecule has 1 saturated carbocycles. The van der Waals surface area contributed by atoms with Crippen LogP contribution in [0.3, 0.4) is 0 Å². The van der Waals surface area contributed by atoms with E-state index in [1.807, 2.05) is 6.92 Å². The Hall–Kier alpha value is -1.08. The van der Waals surface area contributed by atoms with Gasteiger partial charge < -0.3 is 15.5 Å². The molecule has 1 aromatic heterocycles. The van der Waals surface area contributed by atoms with Crippen LogP contribution in [0.15, 0.2) is 9.64 Å². The molecule has 1 atom stereocenters. The lowest BCUT2D eigenvalue weighted by molar-refractivity contribution is -0.123. The summed E-state index contributed by atoms with van der Waals surface area (Å²) >= 11 is 1.34. The van der Waals surface area contributed by atoms with Crippen LogP contribution in [0.4, 0.5) is 0 Å². The number of nitrogens with zero attached hydrogens (tertiary/aromatic N) is 2. The SMILES string of the molecule is Cc1nnc(SCC(C)(NC2CC2)C(N)=O)o1. The van der Waals surface area contributed by atoms with Crippen LogP contribution in [0.1, 0.15) is 25.7 Å². The maximum atomic E-state index is 11.5. The first-order valence-electron chi connectivity index (χ1n) is 5.50. The molecule has 94 valence electrons. The lowest BCUT2D eigenvalue weighted by Crippen LogP contribution is -2.55. The molecule has 1 heterocycles. The van der Waals surface area contributed by atoms with Crippen LogP contribution < -0.4 is 11.1 Å². The third-order valence-corrected chi connectivity index (χ3v) is 3.77. The molecule has 6 nitrogen and oxygen atoms in total. The summed E-state index contributed by atoms with van der Waals surface area (Å²) in [6.45, 7) is 3.54. The topological polar surface area (TPSA) is 94.0 Å². The second-order valence-corrected chi connectivity index (χ2v) is 5.42. The van der Waals surface area contributed by atoms with Crippen molar-refractivity contribution in [3.05, 3.63) is 5.89 Å². The van der Waals surface area contributed by atoms with Crippen molar-refractivity contribution in [1.29, 1.82) is 0 Å². The molecule has 1 aliphatic rings. The van der Waals surface area contributed by atoms with Gasteiger partial charge in [-0.25, -0.2) is 0 Å². The zero-order valence-corrected chi connectivity index (χ0v) is 10.7. The Bertz CT molecular complexity index is 418. The first kappa shape index (κ1) is 12.4. The molecule has 1 aromatic rings. The Balaban J connectivity index is 1.95. The fraction of sp³-hybridized carbons (Fsp3) is 0.700. The number of carbonyl (C=O) groups is 1. The van der Waals surface area contributed by atoms with Crippen molar-refractivity contribution in [3.63, 3.8) is 0 Å². The van der Waals surface area contributed by atoms with Crippen LogP contribution >= 0.6 is 11.8 Å². The van der Waals surface area contributed by atoms with Crippen molar-refractivity contribution >= 4 is 17.7 Å². The Morgan fingerprint density at radius 1 is 1.65 bits per heavy atom. The molecular formula is C10H16N4O2S. The number of carbonyl (C=O) groups excluding carboxylic acids is 1. The quantitative estimate of drug-likeness (QED) is 0.718.